The van der Waals surface area contributed by atoms with E-state index in [0.717, 1.165) is 30.0 Å². The summed E-state index contributed by atoms with van der Waals surface area (Å²) in [5.74, 6) is 1.82. The minimum atomic E-state index is 0.819. The van der Waals surface area contributed by atoms with Crippen molar-refractivity contribution in [2.24, 2.45) is 11.8 Å². The fraction of sp³-hybridized carbons (Fsp3) is 1.00. The van der Waals surface area contributed by atoms with Crippen LogP contribution in [0.2, 0.25) is 0 Å². The summed E-state index contributed by atoms with van der Waals surface area (Å²) in [5.41, 5.74) is 0. The summed E-state index contributed by atoms with van der Waals surface area (Å²) in [6.45, 7) is 7.45. The number of piperidine rings is 1. The average molecular weight is 278 g/mol. The normalized spacial score (nSPS) is 34.5. The highest BCUT2D eigenvalue weighted by molar-refractivity contribution is 4.92. The zero-order valence-electron chi connectivity index (χ0n) is 13.6. The molecule has 2 unspecified atom stereocenters. The highest BCUT2D eigenvalue weighted by atomic mass is 15.2. The van der Waals surface area contributed by atoms with E-state index in [9.17, 15) is 0 Å². The van der Waals surface area contributed by atoms with Gasteiger partial charge in [0.15, 0.2) is 0 Å². The van der Waals surface area contributed by atoms with Gasteiger partial charge in [-0.2, -0.15) is 0 Å². The first-order chi connectivity index (χ1) is 9.70. The molecule has 1 saturated carbocycles. The Morgan fingerprint density at radius 2 is 1.65 bits per heavy atom. The zero-order valence-corrected chi connectivity index (χ0v) is 13.6. The minimum absolute atomic E-state index is 0.819. The number of rotatable bonds is 6. The Hall–Kier alpha value is -0.0800. The quantitative estimate of drug-likeness (QED) is 0.795. The molecule has 0 amide bonds. The van der Waals surface area contributed by atoms with Gasteiger partial charge in [0.1, 0.15) is 0 Å². The van der Waals surface area contributed by atoms with Gasteiger partial charge < -0.3 is 10.2 Å². The van der Waals surface area contributed by atoms with Crippen molar-refractivity contribution in [2.45, 2.75) is 89.8 Å². The van der Waals surface area contributed by atoms with E-state index in [1.807, 2.05) is 0 Å². The van der Waals surface area contributed by atoms with Crippen LogP contribution in [0.1, 0.15) is 71.6 Å². The van der Waals surface area contributed by atoms with Crippen molar-refractivity contribution in [3.05, 3.63) is 0 Å². The van der Waals surface area contributed by atoms with E-state index in [1.165, 1.54) is 70.9 Å². The van der Waals surface area contributed by atoms with Crippen LogP contribution in [0, 0.1) is 11.8 Å². The van der Waals surface area contributed by atoms with Crippen LogP contribution in [-0.4, -0.2) is 36.1 Å². The molecule has 0 radical (unpaired) electrons. The van der Waals surface area contributed by atoms with Crippen LogP contribution in [-0.2, 0) is 0 Å². The van der Waals surface area contributed by atoms with Crippen molar-refractivity contribution in [3.63, 3.8) is 0 Å². The predicted octanol–water partition coefficient (Wildman–Crippen LogP) is 3.81. The Bertz CT molecular complexity index is 284. The number of hydrogen-bond acceptors (Lipinski definition) is 2. The summed E-state index contributed by atoms with van der Waals surface area (Å²) in [6.07, 6.45) is 13.1. The van der Waals surface area contributed by atoms with E-state index in [2.05, 4.69) is 24.1 Å². The van der Waals surface area contributed by atoms with Crippen molar-refractivity contribution < 1.29 is 0 Å². The summed E-state index contributed by atoms with van der Waals surface area (Å²) in [7, 11) is 0. The van der Waals surface area contributed by atoms with Crippen LogP contribution in [0.5, 0.6) is 0 Å². The van der Waals surface area contributed by atoms with Crippen LogP contribution in [0.25, 0.3) is 0 Å². The van der Waals surface area contributed by atoms with Gasteiger partial charge in [-0.25, -0.2) is 0 Å². The van der Waals surface area contributed by atoms with E-state index < -0.39 is 0 Å². The molecule has 2 nitrogen and oxygen atoms in total. The van der Waals surface area contributed by atoms with Gasteiger partial charge in [-0.15, -0.1) is 0 Å². The summed E-state index contributed by atoms with van der Waals surface area (Å²) in [4.78, 5) is 2.85. The van der Waals surface area contributed by atoms with Crippen molar-refractivity contribution in [3.8, 4) is 0 Å². The molecule has 2 aliphatic heterocycles. The Labute approximate surface area is 125 Å². The molecule has 20 heavy (non-hydrogen) atoms. The topological polar surface area (TPSA) is 15.3 Å². The van der Waals surface area contributed by atoms with Gasteiger partial charge in [-0.05, 0) is 63.3 Å². The third-order valence-corrected chi connectivity index (χ3v) is 5.84. The molecule has 0 aromatic heterocycles. The fourth-order valence-corrected chi connectivity index (χ4v) is 4.92. The Balaban J connectivity index is 1.48. The maximum atomic E-state index is 3.78. The highest BCUT2D eigenvalue weighted by Gasteiger charge is 2.33. The second-order valence-electron chi connectivity index (χ2n) is 8.09. The lowest BCUT2D eigenvalue weighted by atomic mass is 9.89. The van der Waals surface area contributed by atoms with Crippen LogP contribution >= 0.6 is 0 Å². The van der Waals surface area contributed by atoms with Gasteiger partial charge in [0.05, 0.1) is 0 Å². The SMILES string of the molecule is CC(C)CN(CCC1CC2CCC(C1)N2)C1CCCC1. The van der Waals surface area contributed by atoms with Crippen molar-refractivity contribution in [2.75, 3.05) is 13.1 Å². The number of hydrogen-bond donors (Lipinski definition) is 1. The molecule has 2 bridgehead atoms. The van der Waals surface area contributed by atoms with Crippen molar-refractivity contribution >= 4 is 0 Å². The van der Waals surface area contributed by atoms with E-state index in [0.29, 0.717) is 0 Å². The smallest absolute Gasteiger partial charge is 0.00953 e. The number of nitrogens with zero attached hydrogens (tertiary/aromatic N) is 1. The number of fused-ring (bicyclic) bond motifs is 2. The fourth-order valence-electron chi connectivity index (χ4n) is 4.92. The molecule has 1 N–H and O–H groups in total. The summed E-state index contributed by atoms with van der Waals surface area (Å²) >= 11 is 0. The first-order valence-electron chi connectivity index (χ1n) is 9.21. The molecule has 3 rings (SSSR count). The predicted molar refractivity (Wildman–Crippen MR) is 86.0 cm³/mol. The molecule has 0 aromatic carbocycles. The number of nitrogens with one attached hydrogen (secondary N) is 1. The lowest BCUT2D eigenvalue weighted by Gasteiger charge is -2.34. The van der Waals surface area contributed by atoms with Crippen LogP contribution < -0.4 is 5.32 Å². The van der Waals surface area contributed by atoms with Gasteiger partial charge in [0, 0.05) is 24.7 Å². The molecule has 0 spiro atoms. The summed E-state index contributed by atoms with van der Waals surface area (Å²) in [5, 5.41) is 3.78. The first-order valence-corrected chi connectivity index (χ1v) is 9.21. The van der Waals surface area contributed by atoms with Gasteiger partial charge in [0.25, 0.3) is 0 Å². The standard InChI is InChI=1S/C18H34N2/c1-14(2)13-20(18-5-3-4-6-18)10-9-15-11-16-7-8-17(12-15)19-16/h14-19H,3-13H2,1-2H3. The lowest BCUT2D eigenvalue weighted by Crippen LogP contribution is -2.41. The van der Waals surface area contributed by atoms with E-state index in [-0.39, 0.29) is 0 Å². The van der Waals surface area contributed by atoms with Crippen molar-refractivity contribution in [1.29, 1.82) is 0 Å². The highest BCUT2D eigenvalue weighted by Crippen LogP contribution is 2.33. The third-order valence-electron chi connectivity index (χ3n) is 5.84. The lowest BCUT2D eigenvalue weighted by molar-refractivity contribution is 0.154. The molecule has 2 saturated heterocycles. The summed E-state index contributed by atoms with van der Waals surface area (Å²) < 4.78 is 0. The van der Waals surface area contributed by atoms with Gasteiger partial charge in [-0.3, -0.25) is 0 Å². The summed E-state index contributed by atoms with van der Waals surface area (Å²) in [6, 6.07) is 2.64. The van der Waals surface area contributed by atoms with Gasteiger partial charge in [-0.1, -0.05) is 26.7 Å². The molecule has 2 heterocycles. The third kappa shape index (κ3) is 3.76. The molecule has 2 heteroatoms. The maximum Gasteiger partial charge on any atom is 0.00953 e. The average Bonchev–Trinajstić information content (AvgIpc) is 3.04. The van der Waals surface area contributed by atoms with E-state index in [1.54, 1.807) is 0 Å². The zero-order chi connectivity index (χ0) is 13.9. The van der Waals surface area contributed by atoms with Gasteiger partial charge >= 0.3 is 0 Å². The van der Waals surface area contributed by atoms with Crippen LogP contribution in [0.15, 0.2) is 0 Å². The molecule has 2 atom stereocenters. The molecule has 3 aliphatic rings. The van der Waals surface area contributed by atoms with Crippen LogP contribution in [0.3, 0.4) is 0 Å². The van der Waals surface area contributed by atoms with Crippen molar-refractivity contribution in [1.82, 2.24) is 10.2 Å². The van der Waals surface area contributed by atoms with E-state index >= 15 is 0 Å². The molecular weight excluding hydrogens is 244 g/mol. The van der Waals surface area contributed by atoms with E-state index in [4.69, 9.17) is 0 Å². The molecular formula is C18H34N2. The first kappa shape index (κ1) is 14.8. The second-order valence-corrected chi connectivity index (χ2v) is 8.09. The molecule has 0 aromatic rings. The second kappa shape index (κ2) is 6.79. The maximum absolute atomic E-state index is 3.78. The Morgan fingerprint density at radius 3 is 2.25 bits per heavy atom. The Morgan fingerprint density at radius 1 is 1.00 bits per heavy atom. The Kier molecular flexibility index (Phi) is 5.04. The largest absolute Gasteiger partial charge is 0.311 e. The monoisotopic (exact) mass is 278 g/mol. The molecule has 1 aliphatic carbocycles. The molecule has 3 fully saturated rings. The minimum Gasteiger partial charge on any atom is -0.311 e. The van der Waals surface area contributed by atoms with Crippen LogP contribution in [0.4, 0.5) is 0 Å². The molecule has 116 valence electrons. The van der Waals surface area contributed by atoms with Gasteiger partial charge in [0.2, 0.25) is 0 Å².